The summed E-state index contributed by atoms with van der Waals surface area (Å²) in [5.41, 5.74) is 3.06. The Morgan fingerprint density at radius 3 is 1.91 bits per heavy atom. The smallest absolute Gasteiger partial charge is 0.330 e. The van der Waals surface area contributed by atoms with E-state index >= 15 is 0 Å². The number of nitrogens with zero attached hydrogens (tertiary/aromatic N) is 1. The Hall–Kier alpha value is -5.14. The lowest BCUT2D eigenvalue weighted by Gasteiger charge is -2.40. The summed E-state index contributed by atoms with van der Waals surface area (Å²) in [6.07, 6.45) is 2.29. The van der Waals surface area contributed by atoms with Crippen LogP contribution in [0, 0.1) is 0 Å². The number of fused-ring (bicyclic) bond motifs is 1. The van der Waals surface area contributed by atoms with Gasteiger partial charge in [-0.1, -0.05) is 73.3 Å². The Balaban J connectivity index is 1.56. The van der Waals surface area contributed by atoms with Crippen molar-refractivity contribution < 1.29 is 28.5 Å². The largest absolute Gasteiger partial charge is 0.491 e. The standard InChI is InChI=1S/C38H37NO6/c1-5-24-42-27(3)25-43-32-20-16-29(17-21-32)38(30-18-22-33(23-19-30)44-26-28(4)45-36(40)6-2)35-15-11-10-14-34(35)37(41)39(38)31-12-8-7-9-13-31/h5-23,27-28H,1-2,24-26H2,3-4H3. The van der Waals surface area contributed by atoms with E-state index in [1.165, 1.54) is 0 Å². The minimum atomic E-state index is -0.987. The lowest BCUT2D eigenvalue weighted by Crippen LogP contribution is -2.46. The van der Waals surface area contributed by atoms with Gasteiger partial charge in [-0.25, -0.2) is 4.79 Å². The van der Waals surface area contributed by atoms with E-state index in [1.807, 2.05) is 115 Å². The second-order valence-electron chi connectivity index (χ2n) is 10.8. The summed E-state index contributed by atoms with van der Waals surface area (Å²) in [6, 6.07) is 33.0. The van der Waals surface area contributed by atoms with Crippen molar-refractivity contribution in [3.05, 3.63) is 151 Å². The summed E-state index contributed by atoms with van der Waals surface area (Å²) < 4.78 is 22.8. The molecule has 1 heterocycles. The number of amides is 1. The number of hydrogen-bond acceptors (Lipinski definition) is 6. The number of carbonyl (C=O) groups excluding carboxylic acids is 2. The normalized spacial score (nSPS) is 16.8. The quantitative estimate of drug-likeness (QED) is 0.0869. The average Bonchev–Trinajstić information content (AvgIpc) is 3.35. The molecule has 3 atom stereocenters. The molecule has 3 unspecified atom stereocenters. The SMILES string of the molecule is C=CCOC(C)COc1ccc(C2(c3ccc(OCC(C)OC(=O)C=C)cc3)c3ccccc3C(=O)N2c2ccccc2)cc1. The Morgan fingerprint density at radius 1 is 0.778 bits per heavy atom. The van der Waals surface area contributed by atoms with Gasteiger partial charge in [-0.15, -0.1) is 6.58 Å². The van der Waals surface area contributed by atoms with Crippen LogP contribution in [0.5, 0.6) is 11.5 Å². The van der Waals surface area contributed by atoms with Gasteiger partial charge >= 0.3 is 5.97 Å². The third kappa shape index (κ3) is 6.54. The highest BCUT2D eigenvalue weighted by Crippen LogP contribution is 2.51. The summed E-state index contributed by atoms with van der Waals surface area (Å²) in [5, 5.41) is 0. The van der Waals surface area contributed by atoms with Crippen LogP contribution in [0.4, 0.5) is 5.69 Å². The third-order valence-corrected chi connectivity index (χ3v) is 7.60. The summed E-state index contributed by atoms with van der Waals surface area (Å²) in [6.45, 7) is 11.9. The fourth-order valence-electron chi connectivity index (χ4n) is 5.57. The molecule has 1 aliphatic rings. The number of hydrogen-bond donors (Lipinski definition) is 0. The van der Waals surface area contributed by atoms with Crippen LogP contribution in [0.2, 0.25) is 0 Å². The first-order valence-corrected chi connectivity index (χ1v) is 14.9. The first-order valence-electron chi connectivity index (χ1n) is 14.9. The fraction of sp³-hybridized carbons (Fsp3) is 0.211. The molecule has 0 radical (unpaired) electrons. The number of esters is 1. The van der Waals surface area contributed by atoms with Gasteiger partial charge in [-0.2, -0.15) is 0 Å². The fourth-order valence-corrected chi connectivity index (χ4v) is 5.57. The monoisotopic (exact) mass is 603 g/mol. The number of benzene rings is 4. The molecule has 0 N–H and O–H groups in total. The second kappa shape index (κ2) is 14.1. The number of para-hydroxylation sites is 1. The van der Waals surface area contributed by atoms with Crippen molar-refractivity contribution in [1.29, 1.82) is 0 Å². The molecule has 1 amide bonds. The molecule has 230 valence electrons. The molecule has 4 aromatic carbocycles. The maximum atomic E-state index is 14.3. The molecular formula is C38H37NO6. The van der Waals surface area contributed by atoms with Gasteiger partial charge in [0.2, 0.25) is 0 Å². The van der Waals surface area contributed by atoms with Crippen LogP contribution in [-0.4, -0.2) is 43.9 Å². The van der Waals surface area contributed by atoms with Crippen LogP contribution in [0.25, 0.3) is 0 Å². The molecule has 45 heavy (non-hydrogen) atoms. The number of ether oxygens (including phenoxy) is 4. The van der Waals surface area contributed by atoms with Crippen LogP contribution < -0.4 is 14.4 Å². The van der Waals surface area contributed by atoms with Gasteiger partial charge in [0.25, 0.3) is 5.91 Å². The highest BCUT2D eigenvalue weighted by molar-refractivity contribution is 6.13. The summed E-state index contributed by atoms with van der Waals surface area (Å²) in [5.74, 6) is 0.710. The molecule has 5 rings (SSSR count). The minimum Gasteiger partial charge on any atom is -0.491 e. The zero-order valence-electron chi connectivity index (χ0n) is 25.6. The van der Waals surface area contributed by atoms with E-state index in [1.54, 1.807) is 13.0 Å². The lowest BCUT2D eigenvalue weighted by atomic mass is 9.76. The van der Waals surface area contributed by atoms with Crippen LogP contribution in [0.3, 0.4) is 0 Å². The molecule has 0 saturated heterocycles. The van der Waals surface area contributed by atoms with E-state index in [4.69, 9.17) is 18.9 Å². The lowest BCUT2D eigenvalue weighted by molar-refractivity contribution is -0.143. The van der Waals surface area contributed by atoms with Gasteiger partial charge in [0.1, 0.15) is 36.4 Å². The van der Waals surface area contributed by atoms with Gasteiger partial charge in [0, 0.05) is 17.3 Å². The molecule has 4 aromatic rings. The van der Waals surface area contributed by atoms with Crippen molar-refractivity contribution in [2.45, 2.75) is 31.6 Å². The second-order valence-corrected chi connectivity index (χ2v) is 10.8. The molecule has 0 aromatic heterocycles. The Kier molecular flexibility index (Phi) is 9.80. The zero-order valence-corrected chi connectivity index (χ0v) is 25.6. The molecule has 0 spiro atoms. The van der Waals surface area contributed by atoms with Crippen LogP contribution >= 0.6 is 0 Å². The van der Waals surface area contributed by atoms with Crippen molar-refractivity contribution in [1.82, 2.24) is 0 Å². The van der Waals surface area contributed by atoms with E-state index < -0.39 is 17.6 Å². The predicted molar refractivity (Wildman–Crippen MR) is 175 cm³/mol. The van der Waals surface area contributed by atoms with E-state index in [0.717, 1.165) is 28.5 Å². The molecule has 0 bridgehead atoms. The van der Waals surface area contributed by atoms with E-state index in [0.29, 0.717) is 30.3 Å². The Bertz CT molecular complexity index is 1630. The molecular weight excluding hydrogens is 566 g/mol. The van der Waals surface area contributed by atoms with E-state index in [2.05, 4.69) is 13.2 Å². The maximum Gasteiger partial charge on any atom is 0.330 e. The minimum absolute atomic E-state index is 0.0940. The molecule has 7 heteroatoms. The van der Waals surface area contributed by atoms with Crippen LogP contribution in [0.15, 0.2) is 128 Å². The zero-order chi connectivity index (χ0) is 31.8. The average molecular weight is 604 g/mol. The van der Waals surface area contributed by atoms with Gasteiger partial charge < -0.3 is 18.9 Å². The first kappa shape index (κ1) is 31.3. The highest BCUT2D eigenvalue weighted by atomic mass is 16.6. The van der Waals surface area contributed by atoms with E-state index in [9.17, 15) is 9.59 Å². The number of carbonyl (C=O) groups is 2. The molecule has 0 aliphatic carbocycles. The molecule has 0 fully saturated rings. The predicted octanol–water partition coefficient (Wildman–Crippen LogP) is 7.11. The van der Waals surface area contributed by atoms with Crippen molar-refractivity contribution in [3.63, 3.8) is 0 Å². The first-order chi connectivity index (χ1) is 21.9. The van der Waals surface area contributed by atoms with Gasteiger partial charge in [0.05, 0.1) is 12.7 Å². The van der Waals surface area contributed by atoms with E-state index in [-0.39, 0.29) is 18.6 Å². The topological polar surface area (TPSA) is 74.3 Å². The highest BCUT2D eigenvalue weighted by Gasteiger charge is 2.52. The maximum absolute atomic E-state index is 14.3. The van der Waals surface area contributed by atoms with Gasteiger partial charge in [-0.3, -0.25) is 9.69 Å². The summed E-state index contributed by atoms with van der Waals surface area (Å²) in [4.78, 5) is 27.7. The van der Waals surface area contributed by atoms with Crippen LogP contribution in [-0.2, 0) is 19.8 Å². The van der Waals surface area contributed by atoms with Crippen molar-refractivity contribution in [2.24, 2.45) is 0 Å². The van der Waals surface area contributed by atoms with Crippen molar-refractivity contribution >= 4 is 17.6 Å². The van der Waals surface area contributed by atoms with Gasteiger partial charge in [0.15, 0.2) is 0 Å². The summed E-state index contributed by atoms with van der Waals surface area (Å²) in [7, 11) is 0. The van der Waals surface area contributed by atoms with Crippen molar-refractivity contribution in [3.8, 4) is 11.5 Å². The number of anilines is 1. The summed E-state index contributed by atoms with van der Waals surface area (Å²) >= 11 is 0. The van der Waals surface area contributed by atoms with Crippen molar-refractivity contribution in [2.75, 3.05) is 24.7 Å². The number of rotatable bonds is 14. The third-order valence-electron chi connectivity index (χ3n) is 7.60. The van der Waals surface area contributed by atoms with Gasteiger partial charge in [-0.05, 0) is 73.0 Å². The van der Waals surface area contributed by atoms with Crippen LogP contribution in [0.1, 0.15) is 40.9 Å². The Labute approximate surface area is 264 Å². The Morgan fingerprint density at radius 2 is 1.33 bits per heavy atom. The molecule has 7 nitrogen and oxygen atoms in total. The molecule has 0 saturated carbocycles. The molecule has 1 aliphatic heterocycles.